The molecule has 3 aromatic rings. The third kappa shape index (κ3) is 3.32. The van der Waals surface area contributed by atoms with Gasteiger partial charge in [0.15, 0.2) is 5.13 Å². The van der Waals surface area contributed by atoms with Crippen molar-refractivity contribution < 1.29 is 8.42 Å². The summed E-state index contributed by atoms with van der Waals surface area (Å²) >= 11 is 1.25. The molecule has 1 aliphatic carbocycles. The molecule has 0 aliphatic heterocycles. The van der Waals surface area contributed by atoms with E-state index in [4.69, 9.17) is 0 Å². The Kier molecular flexibility index (Phi) is 4.30. The number of thiazole rings is 1. The van der Waals surface area contributed by atoms with E-state index in [1.54, 1.807) is 17.8 Å². The second kappa shape index (κ2) is 6.61. The second-order valence-corrected chi connectivity index (χ2v) is 8.61. The molecule has 0 unspecified atom stereocenters. The Morgan fingerprint density at radius 2 is 1.92 bits per heavy atom. The highest BCUT2D eigenvalue weighted by Gasteiger charge is 2.27. The second-order valence-electron chi connectivity index (χ2n) is 6.07. The highest BCUT2D eigenvalue weighted by molar-refractivity contribution is 7.93. The molecule has 130 valence electrons. The Hall–Kier alpha value is -2.19. The first-order valence-electron chi connectivity index (χ1n) is 8.20. The molecule has 1 N–H and O–H groups in total. The first-order valence-corrected chi connectivity index (χ1v) is 10.6. The monoisotopic (exact) mass is 374 g/mol. The van der Waals surface area contributed by atoms with Crippen molar-refractivity contribution in [2.45, 2.75) is 36.6 Å². The van der Waals surface area contributed by atoms with Crippen molar-refractivity contribution in [3.63, 3.8) is 0 Å². The van der Waals surface area contributed by atoms with Crippen molar-refractivity contribution in [1.82, 2.24) is 14.8 Å². The molecule has 2 aromatic heterocycles. The summed E-state index contributed by atoms with van der Waals surface area (Å²) in [7, 11) is -3.76. The summed E-state index contributed by atoms with van der Waals surface area (Å²) in [5.74, 6) is 0. The number of rotatable bonds is 5. The lowest BCUT2D eigenvalue weighted by Crippen LogP contribution is -2.13. The molecule has 0 bridgehead atoms. The zero-order chi connectivity index (χ0) is 17.3. The maximum atomic E-state index is 12.9. The molecule has 1 saturated carbocycles. The van der Waals surface area contributed by atoms with Gasteiger partial charge in [0.1, 0.15) is 10.6 Å². The minimum absolute atomic E-state index is 0.195. The summed E-state index contributed by atoms with van der Waals surface area (Å²) in [6.07, 6.45) is 7.62. The molecule has 25 heavy (non-hydrogen) atoms. The van der Waals surface area contributed by atoms with E-state index in [-0.39, 0.29) is 10.9 Å². The van der Waals surface area contributed by atoms with Crippen LogP contribution in [0.25, 0.3) is 11.3 Å². The van der Waals surface area contributed by atoms with E-state index in [1.807, 2.05) is 35.0 Å². The number of anilines is 1. The minimum Gasteiger partial charge on any atom is -0.268 e. The smallest absolute Gasteiger partial charge is 0.267 e. The maximum absolute atomic E-state index is 12.9. The maximum Gasteiger partial charge on any atom is 0.267 e. The molecule has 0 radical (unpaired) electrons. The fourth-order valence-electron chi connectivity index (χ4n) is 3.17. The molecule has 2 heterocycles. The molecule has 1 aromatic carbocycles. The van der Waals surface area contributed by atoms with Crippen LogP contribution >= 0.6 is 11.3 Å². The number of sulfonamides is 1. The van der Waals surface area contributed by atoms with Gasteiger partial charge < -0.3 is 0 Å². The summed E-state index contributed by atoms with van der Waals surface area (Å²) < 4.78 is 30.2. The first-order chi connectivity index (χ1) is 12.1. The summed E-state index contributed by atoms with van der Waals surface area (Å²) in [5, 5.41) is 6.73. The van der Waals surface area contributed by atoms with Crippen LogP contribution in [0, 0.1) is 0 Å². The van der Waals surface area contributed by atoms with Crippen LogP contribution in [-0.2, 0) is 10.0 Å². The van der Waals surface area contributed by atoms with Gasteiger partial charge in [0.25, 0.3) is 10.0 Å². The molecule has 1 aliphatic rings. The summed E-state index contributed by atoms with van der Waals surface area (Å²) in [6.45, 7) is 0. The van der Waals surface area contributed by atoms with Crippen LogP contribution in [0.15, 0.2) is 53.0 Å². The van der Waals surface area contributed by atoms with E-state index in [2.05, 4.69) is 14.8 Å². The Morgan fingerprint density at radius 1 is 1.16 bits per heavy atom. The van der Waals surface area contributed by atoms with Gasteiger partial charge >= 0.3 is 0 Å². The third-order valence-electron chi connectivity index (χ3n) is 4.39. The van der Waals surface area contributed by atoms with Crippen LogP contribution in [0.3, 0.4) is 0 Å². The van der Waals surface area contributed by atoms with Gasteiger partial charge in [-0.3, -0.25) is 9.40 Å². The van der Waals surface area contributed by atoms with Gasteiger partial charge in [0, 0.05) is 23.3 Å². The SMILES string of the molecule is O=S(=O)(Nc1nccs1)c1cn(C2CCCC2)nc1-c1ccccc1. The zero-order valence-corrected chi connectivity index (χ0v) is 15.1. The van der Waals surface area contributed by atoms with E-state index in [0.29, 0.717) is 10.8 Å². The molecule has 0 spiro atoms. The average Bonchev–Trinajstić information content (AvgIpc) is 3.36. The number of aromatic nitrogens is 3. The van der Waals surface area contributed by atoms with Gasteiger partial charge in [-0.25, -0.2) is 13.4 Å². The van der Waals surface area contributed by atoms with E-state index < -0.39 is 10.0 Å². The molecule has 8 heteroatoms. The Morgan fingerprint density at radius 3 is 2.60 bits per heavy atom. The van der Waals surface area contributed by atoms with Crippen molar-refractivity contribution >= 4 is 26.5 Å². The van der Waals surface area contributed by atoms with E-state index >= 15 is 0 Å². The zero-order valence-electron chi connectivity index (χ0n) is 13.5. The van der Waals surface area contributed by atoms with Gasteiger partial charge in [-0.15, -0.1) is 11.3 Å². The van der Waals surface area contributed by atoms with Crippen molar-refractivity contribution in [2.24, 2.45) is 0 Å². The van der Waals surface area contributed by atoms with Gasteiger partial charge in [-0.2, -0.15) is 5.10 Å². The van der Waals surface area contributed by atoms with Crippen LogP contribution in [0.5, 0.6) is 0 Å². The highest BCUT2D eigenvalue weighted by Crippen LogP contribution is 2.33. The topological polar surface area (TPSA) is 76.9 Å². The average molecular weight is 374 g/mol. The van der Waals surface area contributed by atoms with Crippen LogP contribution in [0.4, 0.5) is 5.13 Å². The molecular weight excluding hydrogens is 356 g/mol. The fourth-order valence-corrected chi connectivity index (χ4v) is 5.11. The summed E-state index contributed by atoms with van der Waals surface area (Å²) in [4.78, 5) is 4.21. The van der Waals surface area contributed by atoms with E-state index in [1.165, 1.54) is 11.3 Å². The van der Waals surface area contributed by atoms with Gasteiger partial charge in [-0.1, -0.05) is 43.2 Å². The molecule has 0 amide bonds. The number of hydrogen-bond donors (Lipinski definition) is 1. The predicted molar refractivity (Wildman–Crippen MR) is 98.1 cm³/mol. The van der Waals surface area contributed by atoms with Crippen molar-refractivity contribution in [3.05, 3.63) is 48.1 Å². The number of benzene rings is 1. The van der Waals surface area contributed by atoms with Crippen molar-refractivity contribution in [1.29, 1.82) is 0 Å². The van der Waals surface area contributed by atoms with Crippen molar-refractivity contribution in [3.8, 4) is 11.3 Å². The first kappa shape index (κ1) is 16.3. The van der Waals surface area contributed by atoms with E-state index in [0.717, 1.165) is 31.2 Å². The lowest BCUT2D eigenvalue weighted by Gasteiger charge is -2.08. The van der Waals surface area contributed by atoms with Gasteiger partial charge in [-0.05, 0) is 12.8 Å². The Balaban J connectivity index is 1.79. The van der Waals surface area contributed by atoms with Crippen LogP contribution in [0.2, 0.25) is 0 Å². The highest BCUT2D eigenvalue weighted by atomic mass is 32.2. The summed E-state index contributed by atoms with van der Waals surface area (Å²) in [5.41, 5.74) is 1.27. The molecular formula is C17H18N4O2S2. The number of nitrogens with zero attached hydrogens (tertiary/aromatic N) is 3. The summed E-state index contributed by atoms with van der Waals surface area (Å²) in [6, 6.07) is 9.70. The lowest BCUT2D eigenvalue weighted by atomic mass is 10.2. The Bertz CT molecular complexity index is 944. The van der Waals surface area contributed by atoms with Crippen LogP contribution in [0.1, 0.15) is 31.7 Å². The molecule has 0 atom stereocenters. The quantitative estimate of drug-likeness (QED) is 0.734. The van der Waals surface area contributed by atoms with Gasteiger partial charge in [0.05, 0.1) is 6.04 Å². The lowest BCUT2D eigenvalue weighted by molar-refractivity contribution is 0.467. The molecule has 0 saturated heterocycles. The Labute approximate surface area is 150 Å². The number of nitrogens with one attached hydrogen (secondary N) is 1. The normalized spacial score (nSPS) is 15.5. The number of hydrogen-bond acceptors (Lipinski definition) is 5. The van der Waals surface area contributed by atoms with Crippen molar-refractivity contribution in [2.75, 3.05) is 4.72 Å². The van der Waals surface area contributed by atoms with Crippen LogP contribution in [-0.4, -0.2) is 23.2 Å². The predicted octanol–water partition coefficient (Wildman–Crippen LogP) is 3.92. The van der Waals surface area contributed by atoms with Crippen LogP contribution < -0.4 is 4.72 Å². The molecule has 6 nitrogen and oxygen atoms in total. The standard InChI is InChI=1S/C17H18N4O2S2/c22-25(23,20-17-18-10-11-24-17)15-12-21(14-8-4-5-9-14)19-16(15)13-6-2-1-3-7-13/h1-3,6-7,10-12,14H,4-5,8-9H2,(H,18,20). The largest absolute Gasteiger partial charge is 0.268 e. The molecule has 4 rings (SSSR count). The third-order valence-corrected chi connectivity index (χ3v) is 6.55. The minimum atomic E-state index is -3.76. The molecule has 1 fully saturated rings. The van der Waals surface area contributed by atoms with E-state index in [9.17, 15) is 8.42 Å². The fraction of sp³-hybridized carbons (Fsp3) is 0.294. The van der Waals surface area contributed by atoms with Gasteiger partial charge in [0.2, 0.25) is 0 Å².